The number of hydrogen-bond donors (Lipinski definition) is 2. The van der Waals surface area contributed by atoms with Gasteiger partial charge in [0.25, 0.3) is 0 Å². The van der Waals surface area contributed by atoms with Crippen molar-refractivity contribution >= 4 is 0 Å². The van der Waals surface area contributed by atoms with Gasteiger partial charge < -0.3 is 15.2 Å². The highest BCUT2D eigenvalue weighted by atomic mass is 19.1. The molecule has 6 heteroatoms. The van der Waals surface area contributed by atoms with Crippen LogP contribution in [0, 0.1) is 12.7 Å². The van der Waals surface area contributed by atoms with Gasteiger partial charge in [-0.05, 0) is 43.3 Å². The molecule has 25 heavy (non-hydrogen) atoms. The molecule has 5 nitrogen and oxygen atoms in total. The number of nitrogens with one attached hydrogen (secondary N) is 1. The lowest BCUT2D eigenvalue weighted by Crippen LogP contribution is -2.18. The van der Waals surface area contributed by atoms with Crippen molar-refractivity contribution < 1.29 is 14.2 Å². The number of hydrogen-bond acceptors (Lipinski definition) is 4. The molecule has 0 unspecified atom stereocenters. The van der Waals surface area contributed by atoms with Crippen molar-refractivity contribution in [2.24, 2.45) is 0 Å². The third-order valence-electron chi connectivity index (χ3n) is 3.76. The Morgan fingerprint density at radius 1 is 1.12 bits per heavy atom. The molecule has 0 aliphatic rings. The number of aliphatic hydroxyl groups is 1. The summed E-state index contributed by atoms with van der Waals surface area (Å²) < 4.78 is 20.9. The maximum Gasteiger partial charge on any atom is 0.227 e. The van der Waals surface area contributed by atoms with E-state index in [0.29, 0.717) is 24.7 Å². The van der Waals surface area contributed by atoms with Crippen molar-refractivity contribution in [3.63, 3.8) is 0 Å². The molecule has 2 N–H and O–H groups in total. The van der Waals surface area contributed by atoms with Gasteiger partial charge in [0, 0.05) is 13.1 Å². The zero-order valence-electron chi connectivity index (χ0n) is 13.9. The molecular weight excluding hydrogens is 321 g/mol. The van der Waals surface area contributed by atoms with E-state index >= 15 is 0 Å². The summed E-state index contributed by atoms with van der Waals surface area (Å²) in [5, 5.41) is 16.7. The van der Waals surface area contributed by atoms with E-state index in [-0.39, 0.29) is 12.4 Å². The Labute approximate surface area is 145 Å². The standard InChI is InChI=1S/C19H20FN3O2/c1-14-18(13-21-11-12-24)19(25-17-9-7-15(20)8-10-17)23(22-14)16-5-3-2-4-6-16/h2-10,21,24H,11-13H2,1H3. The lowest BCUT2D eigenvalue weighted by molar-refractivity contribution is 0.291. The quantitative estimate of drug-likeness (QED) is 0.648. The monoisotopic (exact) mass is 341 g/mol. The molecule has 0 fully saturated rings. The van der Waals surface area contributed by atoms with Crippen LogP contribution in [0.1, 0.15) is 11.3 Å². The van der Waals surface area contributed by atoms with Crippen LogP contribution in [0.15, 0.2) is 54.6 Å². The molecule has 3 aromatic rings. The van der Waals surface area contributed by atoms with Crippen molar-refractivity contribution in [1.82, 2.24) is 15.1 Å². The molecule has 0 saturated carbocycles. The van der Waals surface area contributed by atoms with Crippen LogP contribution in [0.5, 0.6) is 11.6 Å². The maximum absolute atomic E-state index is 13.2. The lowest BCUT2D eigenvalue weighted by Gasteiger charge is -2.12. The van der Waals surface area contributed by atoms with Crippen LogP contribution in [0.3, 0.4) is 0 Å². The highest BCUT2D eigenvalue weighted by Gasteiger charge is 2.18. The van der Waals surface area contributed by atoms with E-state index in [9.17, 15) is 4.39 Å². The second-order valence-electron chi connectivity index (χ2n) is 5.57. The highest BCUT2D eigenvalue weighted by molar-refractivity contribution is 5.43. The molecule has 0 aliphatic heterocycles. The molecule has 130 valence electrons. The Morgan fingerprint density at radius 3 is 2.52 bits per heavy atom. The highest BCUT2D eigenvalue weighted by Crippen LogP contribution is 2.30. The molecule has 0 saturated heterocycles. The van der Waals surface area contributed by atoms with Crippen LogP contribution in [-0.2, 0) is 6.54 Å². The first-order valence-corrected chi connectivity index (χ1v) is 8.08. The van der Waals surface area contributed by atoms with E-state index < -0.39 is 0 Å². The fraction of sp³-hybridized carbons (Fsp3) is 0.211. The van der Waals surface area contributed by atoms with Crippen molar-refractivity contribution in [3.05, 3.63) is 71.7 Å². The van der Waals surface area contributed by atoms with Crippen LogP contribution in [0.25, 0.3) is 5.69 Å². The number of halogens is 1. The molecule has 0 amide bonds. The van der Waals surface area contributed by atoms with Crippen molar-refractivity contribution in [3.8, 4) is 17.3 Å². The molecule has 0 spiro atoms. The van der Waals surface area contributed by atoms with Crippen molar-refractivity contribution in [1.29, 1.82) is 0 Å². The normalized spacial score (nSPS) is 10.8. The maximum atomic E-state index is 13.2. The van der Waals surface area contributed by atoms with Gasteiger partial charge in [0.2, 0.25) is 5.88 Å². The molecule has 0 atom stereocenters. The van der Waals surface area contributed by atoms with Crippen molar-refractivity contribution in [2.75, 3.05) is 13.2 Å². The Bertz CT molecular complexity index is 817. The summed E-state index contributed by atoms with van der Waals surface area (Å²) in [6.07, 6.45) is 0. The summed E-state index contributed by atoms with van der Waals surface area (Å²) in [7, 11) is 0. The average Bonchev–Trinajstić information content (AvgIpc) is 2.94. The first kappa shape index (κ1) is 17.1. The van der Waals surface area contributed by atoms with E-state index in [1.165, 1.54) is 12.1 Å². The van der Waals surface area contributed by atoms with E-state index in [0.717, 1.165) is 16.9 Å². The van der Waals surface area contributed by atoms with Gasteiger partial charge in [-0.1, -0.05) is 18.2 Å². The minimum atomic E-state index is -0.315. The van der Waals surface area contributed by atoms with Gasteiger partial charge in [-0.2, -0.15) is 5.10 Å². The molecule has 3 rings (SSSR count). The number of rotatable bonds is 7. The van der Waals surface area contributed by atoms with Gasteiger partial charge in [-0.25, -0.2) is 9.07 Å². The zero-order valence-corrected chi connectivity index (χ0v) is 13.9. The number of aryl methyl sites for hydroxylation is 1. The minimum absolute atomic E-state index is 0.0556. The molecule has 1 aromatic heterocycles. The molecule has 0 bridgehead atoms. The number of para-hydroxylation sites is 1. The van der Waals surface area contributed by atoms with Gasteiger partial charge in [0.05, 0.1) is 23.6 Å². The summed E-state index contributed by atoms with van der Waals surface area (Å²) >= 11 is 0. The molecule has 0 aliphatic carbocycles. The van der Waals surface area contributed by atoms with Gasteiger partial charge in [0.1, 0.15) is 11.6 Å². The molecule has 1 heterocycles. The van der Waals surface area contributed by atoms with Gasteiger partial charge in [-0.15, -0.1) is 0 Å². The van der Waals surface area contributed by atoms with Crippen LogP contribution in [0.2, 0.25) is 0 Å². The first-order valence-electron chi connectivity index (χ1n) is 8.08. The van der Waals surface area contributed by atoms with Gasteiger partial charge in [0.15, 0.2) is 0 Å². The molecule has 0 radical (unpaired) electrons. The number of aliphatic hydroxyl groups excluding tert-OH is 1. The largest absolute Gasteiger partial charge is 0.439 e. The first-order chi connectivity index (χ1) is 12.2. The summed E-state index contributed by atoms with van der Waals surface area (Å²) in [6, 6.07) is 15.5. The molecular formula is C19H20FN3O2. The second kappa shape index (κ2) is 7.92. The predicted molar refractivity (Wildman–Crippen MR) is 93.6 cm³/mol. The summed E-state index contributed by atoms with van der Waals surface area (Å²) in [5.41, 5.74) is 2.59. The Hall–Kier alpha value is -2.70. The van der Waals surface area contributed by atoms with E-state index in [2.05, 4.69) is 10.4 Å². The third kappa shape index (κ3) is 4.04. The zero-order chi connectivity index (χ0) is 17.6. The van der Waals surface area contributed by atoms with E-state index in [1.807, 2.05) is 37.3 Å². The van der Waals surface area contributed by atoms with Crippen LogP contribution in [-0.4, -0.2) is 28.0 Å². The van der Waals surface area contributed by atoms with Gasteiger partial charge in [-0.3, -0.25) is 0 Å². The number of ether oxygens (including phenoxy) is 1. The van der Waals surface area contributed by atoms with Crippen LogP contribution < -0.4 is 10.1 Å². The Morgan fingerprint density at radius 2 is 1.84 bits per heavy atom. The smallest absolute Gasteiger partial charge is 0.227 e. The fourth-order valence-corrected chi connectivity index (χ4v) is 2.50. The fourth-order valence-electron chi connectivity index (χ4n) is 2.50. The number of aromatic nitrogens is 2. The number of benzene rings is 2. The van der Waals surface area contributed by atoms with Crippen LogP contribution >= 0.6 is 0 Å². The summed E-state index contributed by atoms with van der Waals surface area (Å²) in [4.78, 5) is 0. The van der Waals surface area contributed by atoms with E-state index in [4.69, 9.17) is 9.84 Å². The number of nitrogens with zero attached hydrogens (tertiary/aromatic N) is 2. The summed E-state index contributed by atoms with van der Waals surface area (Å²) in [6.45, 7) is 2.95. The van der Waals surface area contributed by atoms with Gasteiger partial charge >= 0.3 is 0 Å². The average molecular weight is 341 g/mol. The SMILES string of the molecule is Cc1nn(-c2ccccc2)c(Oc2ccc(F)cc2)c1CNCCO. The van der Waals surface area contributed by atoms with E-state index in [1.54, 1.807) is 16.8 Å². The second-order valence-corrected chi connectivity index (χ2v) is 5.57. The lowest BCUT2D eigenvalue weighted by atomic mass is 10.2. The van der Waals surface area contributed by atoms with Crippen LogP contribution in [0.4, 0.5) is 4.39 Å². The predicted octanol–water partition coefficient (Wildman–Crippen LogP) is 3.19. The Kier molecular flexibility index (Phi) is 5.42. The topological polar surface area (TPSA) is 59.3 Å². The van der Waals surface area contributed by atoms with Crippen molar-refractivity contribution in [2.45, 2.75) is 13.5 Å². The minimum Gasteiger partial charge on any atom is -0.439 e. The summed E-state index contributed by atoms with van der Waals surface area (Å²) in [5.74, 6) is 0.785. The molecule has 2 aromatic carbocycles. The third-order valence-corrected chi connectivity index (χ3v) is 3.76. The Balaban J connectivity index is 1.99.